The Morgan fingerprint density at radius 2 is 1.78 bits per heavy atom. The summed E-state index contributed by atoms with van der Waals surface area (Å²) in [5.74, 6) is 1.95. The van der Waals surface area contributed by atoms with Crippen molar-refractivity contribution in [3.63, 3.8) is 0 Å². The fourth-order valence-corrected chi connectivity index (χ4v) is 5.19. The third-order valence-corrected chi connectivity index (χ3v) is 7.11. The first-order chi connectivity index (χ1) is 17.3. The van der Waals surface area contributed by atoms with Crippen LogP contribution < -0.4 is 10.5 Å². The highest BCUT2D eigenvalue weighted by atomic mass is 16.5. The molecule has 2 atom stereocenters. The Bertz CT molecular complexity index is 1220. The summed E-state index contributed by atoms with van der Waals surface area (Å²) in [5.41, 5.74) is 12.5. The summed E-state index contributed by atoms with van der Waals surface area (Å²) in [6.07, 6.45) is 5.10. The van der Waals surface area contributed by atoms with E-state index in [1.165, 1.54) is 22.3 Å². The Morgan fingerprint density at radius 3 is 2.47 bits per heavy atom. The van der Waals surface area contributed by atoms with Gasteiger partial charge in [-0.2, -0.15) is 10.2 Å². The lowest BCUT2D eigenvalue weighted by Gasteiger charge is -2.24. The van der Waals surface area contributed by atoms with Crippen molar-refractivity contribution in [2.24, 2.45) is 11.1 Å². The molecule has 2 N–H and O–H groups in total. The van der Waals surface area contributed by atoms with Gasteiger partial charge >= 0.3 is 0 Å². The summed E-state index contributed by atoms with van der Waals surface area (Å²) in [5, 5.41) is 9.66. The Hall–Kier alpha value is -3.23. The molecule has 1 aromatic heterocycles. The van der Waals surface area contributed by atoms with Crippen LogP contribution in [0.25, 0.3) is 11.1 Å². The van der Waals surface area contributed by atoms with Crippen LogP contribution in [-0.2, 0) is 6.42 Å². The molecule has 0 bridgehead atoms. The SMILES string of the molecule is Cc1nc(OCCC(C)(C)C)cc(C2CCCC2c2cc(C#N)ccc2-c2ccc(CCN)cc2)n1. The van der Waals surface area contributed by atoms with Crippen molar-refractivity contribution in [1.82, 2.24) is 9.97 Å². The Balaban J connectivity index is 1.66. The first-order valence-corrected chi connectivity index (χ1v) is 13.1. The molecule has 0 aliphatic heterocycles. The number of hydrogen-bond donors (Lipinski definition) is 1. The smallest absolute Gasteiger partial charge is 0.216 e. The van der Waals surface area contributed by atoms with E-state index in [1.54, 1.807) is 0 Å². The minimum atomic E-state index is 0.214. The van der Waals surface area contributed by atoms with E-state index >= 15 is 0 Å². The average Bonchev–Trinajstić information content (AvgIpc) is 3.33. The lowest BCUT2D eigenvalue weighted by Crippen LogP contribution is -2.13. The third-order valence-electron chi connectivity index (χ3n) is 7.11. The zero-order chi connectivity index (χ0) is 25.7. The van der Waals surface area contributed by atoms with Crippen molar-refractivity contribution in [3.8, 4) is 23.1 Å². The maximum Gasteiger partial charge on any atom is 0.216 e. The molecular weight excluding hydrogens is 444 g/mol. The van der Waals surface area contributed by atoms with E-state index in [0.717, 1.165) is 43.6 Å². The van der Waals surface area contributed by atoms with Crippen molar-refractivity contribution in [2.45, 2.75) is 71.6 Å². The van der Waals surface area contributed by atoms with Crippen LogP contribution in [-0.4, -0.2) is 23.1 Å². The van der Waals surface area contributed by atoms with E-state index < -0.39 is 0 Å². The minimum absolute atomic E-state index is 0.214. The lowest BCUT2D eigenvalue weighted by molar-refractivity contribution is 0.235. The van der Waals surface area contributed by atoms with Crippen LogP contribution in [0.2, 0.25) is 0 Å². The molecule has 2 unspecified atom stereocenters. The Labute approximate surface area is 215 Å². The van der Waals surface area contributed by atoms with Gasteiger partial charge in [0.25, 0.3) is 0 Å². The molecule has 5 heteroatoms. The minimum Gasteiger partial charge on any atom is -0.478 e. The fourth-order valence-electron chi connectivity index (χ4n) is 5.19. The highest BCUT2D eigenvalue weighted by molar-refractivity contribution is 5.70. The predicted octanol–water partition coefficient (Wildman–Crippen LogP) is 6.69. The molecule has 0 amide bonds. The number of hydrogen-bond acceptors (Lipinski definition) is 5. The quantitative estimate of drug-likeness (QED) is 0.386. The van der Waals surface area contributed by atoms with Crippen LogP contribution in [0.15, 0.2) is 48.5 Å². The maximum atomic E-state index is 9.66. The Morgan fingerprint density at radius 1 is 1.03 bits per heavy atom. The molecule has 1 fully saturated rings. The van der Waals surface area contributed by atoms with E-state index in [1.807, 2.05) is 19.1 Å². The molecule has 0 spiro atoms. The molecular formula is C31H38N4O. The van der Waals surface area contributed by atoms with Crippen LogP contribution >= 0.6 is 0 Å². The second-order valence-corrected chi connectivity index (χ2v) is 11.1. The summed E-state index contributed by atoms with van der Waals surface area (Å²) < 4.78 is 6.06. The topological polar surface area (TPSA) is 84.8 Å². The summed E-state index contributed by atoms with van der Waals surface area (Å²) in [6.45, 7) is 9.88. The number of nitriles is 1. The van der Waals surface area contributed by atoms with Crippen LogP contribution in [0, 0.1) is 23.7 Å². The molecule has 4 rings (SSSR count). The molecule has 0 radical (unpaired) electrons. The van der Waals surface area contributed by atoms with Crippen molar-refractivity contribution < 1.29 is 4.74 Å². The Kier molecular flexibility index (Phi) is 8.06. The molecule has 1 aliphatic rings. The highest BCUT2D eigenvalue weighted by Gasteiger charge is 2.33. The molecule has 1 saturated carbocycles. The standard InChI is InChI=1S/C31H38N4O/c1-21-34-29(19-30(35-21)36-17-15-31(2,3)4)27-7-5-6-26(27)28-18-23(20-33)10-13-25(28)24-11-8-22(9-12-24)14-16-32/h8-13,18-19,26-27H,5-7,14-17,32H2,1-4H3. The normalized spacial score (nSPS) is 17.7. The van der Waals surface area contributed by atoms with Crippen LogP contribution in [0.4, 0.5) is 0 Å². The van der Waals surface area contributed by atoms with Gasteiger partial charge < -0.3 is 10.5 Å². The van der Waals surface area contributed by atoms with E-state index in [2.05, 4.69) is 68.2 Å². The van der Waals surface area contributed by atoms with Crippen molar-refractivity contribution in [3.05, 3.63) is 76.7 Å². The molecule has 1 heterocycles. The molecule has 188 valence electrons. The second-order valence-electron chi connectivity index (χ2n) is 11.1. The first-order valence-electron chi connectivity index (χ1n) is 13.1. The van der Waals surface area contributed by atoms with Gasteiger partial charge in [0.1, 0.15) is 5.82 Å². The average molecular weight is 483 g/mol. The van der Waals surface area contributed by atoms with Gasteiger partial charge in [-0.25, -0.2) is 4.98 Å². The zero-order valence-corrected chi connectivity index (χ0v) is 22.1. The summed E-state index contributed by atoms with van der Waals surface area (Å²) in [6, 6.07) is 19.2. The molecule has 2 aromatic carbocycles. The highest BCUT2D eigenvalue weighted by Crippen LogP contribution is 2.48. The van der Waals surface area contributed by atoms with Gasteiger partial charge in [0, 0.05) is 12.0 Å². The van der Waals surface area contributed by atoms with E-state index in [-0.39, 0.29) is 17.3 Å². The van der Waals surface area contributed by atoms with Crippen molar-refractivity contribution in [1.29, 1.82) is 5.26 Å². The number of benzene rings is 2. The molecule has 0 saturated heterocycles. The number of rotatable bonds is 8. The number of ether oxygens (including phenoxy) is 1. The van der Waals surface area contributed by atoms with Crippen molar-refractivity contribution >= 4 is 0 Å². The van der Waals surface area contributed by atoms with Gasteiger partial charge in [0.15, 0.2) is 0 Å². The molecule has 5 nitrogen and oxygen atoms in total. The summed E-state index contributed by atoms with van der Waals surface area (Å²) >= 11 is 0. The zero-order valence-electron chi connectivity index (χ0n) is 22.1. The van der Waals surface area contributed by atoms with Gasteiger partial charge in [-0.3, -0.25) is 0 Å². The monoisotopic (exact) mass is 482 g/mol. The molecule has 3 aromatic rings. The van der Waals surface area contributed by atoms with Gasteiger partial charge in [0.05, 0.1) is 23.9 Å². The number of aryl methyl sites for hydroxylation is 1. The fraction of sp³-hybridized carbons (Fsp3) is 0.452. The maximum absolute atomic E-state index is 9.66. The number of nitrogens with two attached hydrogens (primary N) is 1. The summed E-state index contributed by atoms with van der Waals surface area (Å²) in [4.78, 5) is 9.41. The largest absolute Gasteiger partial charge is 0.478 e. The lowest BCUT2D eigenvalue weighted by atomic mass is 9.81. The van der Waals surface area contributed by atoms with E-state index in [9.17, 15) is 5.26 Å². The van der Waals surface area contributed by atoms with Gasteiger partial charge in [-0.15, -0.1) is 0 Å². The van der Waals surface area contributed by atoms with Gasteiger partial charge in [-0.05, 0) is 84.9 Å². The van der Waals surface area contributed by atoms with E-state index in [0.29, 0.717) is 24.6 Å². The van der Waals surface area contributed by atoms with E-state index in [4.69, 9.17) is 15.5 Å². The van der Waals surface area contributed by atoms with Gasteiger partial charge in [-0.1, -0.05) is 57.5 Å². The third kappa shape index (κ3) is 6.30. The summed E-state index contributed by atoms with van der Waals surface area (Å²) in [7, 11) is 0. The second kappa shape index (κ2) is 11.2. The van der Waals surface area contributed by atoms with Crippen LogP contribution in [0.1, 0.15) is 86.5 Å². The number of aromatic nitrogens is 2. The molecule has 36 heavy (non-hydrogen) atoms. The molecule has 1 aliphatic carbocycles. The van der Waals surface area contributed by atoms with Gasteiger partial charge in [0.2, 0.25) is 5.88 Å². The number of nitrogens with zero attached hydrogens (tertiary/aromatic N) is 3. The van der Waals surface area contributed by atoms with Crippen molar-refractivity contribution in [2.75, 3.05) is 13.2 Å². The van der Waals surface area contributed by atoms with Crippen LogP contribution in [0.3, 0.4) is 0 Å². The first kappa shape index (κ1) is 25.9. The predicted molar refractivity (Wildman–Crippen MR) is 145 cm³/mol. The van der Waals surface area contributed by atoms with Crippen LogP contribution in [0.5, 0.6) is 5.88 Å².